The van der Waals surface area contributed by atoms with Gasteiger partial charge >= 0.3 is 0 Å². The number of benzene rings is 4. The summed E-state index contributed by atoms with van der Waals surface area (Å²) in [4.78, 5) is 4.75. The van der Waals surface area contributed by atoms with Crippen molar-refractivity contribution in [3.05, 3.63) is 138 Å². The number of aromatic nitrogens is 4. The summed E-state index contributed by atoms with van der Waals surface area (Å²) in [6, 6.07) is 33.1. The van der Waals surface area contributed by atoms with Gasteiger partial charge in [-0.1, -0.05) is 100 Å². The summed E-state index contributed by atoms with van der Waals surface area (Å²) >= 11 is 0. The van der Waals surface area contributed by atoms with Crippen LogP contribution in [0.5, 0.6) is 0 Å². The molecule has 6 rings (SSSR count). The summed E-state index contributed by atoms with van der Waals surface area (Å²) in [5, 5.41) is 0. The number of hydrogen-bond acceptors (Lipinski definition) is 1. The number of hydrogen-bond donors (Lipinski definition) is 0. The van der Waals surface area contributed by atoms with Crippen molar-refractivity contribution in [1.82, 2.24) is 14.1 Å². The van der Waals surface area contributed by atoms with Gasteiger partial charge in [0.25, 0.3) is 5.82 Å². The maximum Gasteiger partial charge on any atom is 0.295 e. The first-order valence-corrected chi connectivity index (χ1v) is 16.1. The van der Waals surface area contributed by atoms with Gasteiger partial charge in [-0.2, -0.15) is 4.57 Å². The highest BCUT2D eigenvalue weighted by molar-refractivity contribution is 5.71. The van der Waals surface area contributed by atoms with E-state index >= 15 is 0 Å². The molecule has 0 atom stereocenters. The van der Waals surface area contributed by atoms with Gasteiger partial charge in [0.05, 0.1) is 5.56 Å². The minimum absolute atomic E-state index is 0.332. The zero-order valence-corrected chi connectivity index (χ0v) is 27.9. The summed E-state index contributed by atoms with van der Waals surface area (Å²) in [6.45, 7) is 16.1. The molecule has 0 saturated heterocycles. The van der Waals surface area contributed by atoms with Crippen LogP contribution in [0.4, 0.5) is 0 Å². The van der Waals surface area contributed by atoms with Crippen molar-refractivity contribution in [2.75, 3.05) is 0 Å². The lowest BCUT2D eigenvalue weighted by molar-refractivity contribution is -0.736. The van der Waals surface area contributed by atoms with Gasteiger partial charge in [0.15, 0.2) is 0 Å². The fourth-order valence-corrected chi connectivity index (χ4v) is 6.71. The molecule has 2 heterocycles. The Morgan fingerprint density at radius 3 is 1.91 bits per heavy atom. The Hall–Kier alpha value is -4.70. The number of rotatable bonds is 8. The molecule has 0 radical (unpaired) electrons. The molecule has 0 fully saturated rings. The first-order chi connectivity index (χ1) is 21.6. The summed E-state index contributed by atoms with van der Waals surface area (Å²) in [6.07, 6.45) is 8.45. The first kappa shape index (κ1) is 30.3. The second kappa shape index (κ2) is 12.0. The largest absolute Gasteiger partial charge is 0.334 e. The molecule has 0 aliphatic carbocycles. The molecule has 6 aromatic rings. The molecule has 0 spiro atoms. The molecule has 228 valence electrons. The van der Waals surface area contributed by atoms with E-state index in [9.17, 15) is 0 Å². The molecule has 4 aromatic carbocycles. The predicted molar refractivity (Wildman–Crippen MR) is 187 cm³/mol. The van der Waals surface area contributed by atoms with Crippen molar-refractivity contribution in [3.8, 4) is 39.6 Å². The Balaban J connectivity index is 1.66. The van der Waals surface area contributed by atoms with E-state index in [4.69, 9.17) is 4.98 Å². The van der Waals surface area contributed by atoms with Crippen molar-refractivity contribution in [1.29, 1.82) is 0 Å². The molecule has 4 nitrogen and oxygen atoms in total. The van der Waals surface area contributed by atoms with Crippen molar-refractivity contribution < 1.29 is 4.57 Å². The molecule has 0 unspecified atom stereocenters. The molecule has 2 aromatic heterocycles. The SMILES string of the molecule is Cc1ccccc1-c1n(-c2c(C(C)C)cc(-c3ccccc3)cc2C(C)C)cc[n+]1C(C)(C)c1ccccc1-c1nccn1C. The number of imidazole rings is 2. The third-order valence-corrected chi connectivity index (χ3v) is 9.22. The summed E-state index contributed by atoms with van der Waals surface area (Å²) in [7, 11) is 2.06. The van der Waals surface area contributed by atoms with E-state index in [2.05, 4.69) is 173 Å². The monoisotopic (exact) mass is 593 g/mol. The standard InChI is InChI=1S/C41H45N4/c1-28(2)35-26-32(31-17-10-9-11-18-31)27-36(29(3)4)38(35)44-24-25-45(40(44)33-19-13-12-16-30(33)5)41(6,7)37-21-15-14-20-34(37)39-42-22-23-43(39)8/h9-29H,1-8H3/q+1. The van der Waals surface area contributed by atoms with Gasteiger partial charge in [-0.15, -0.1) is 0 Å². The molecule has 0 aliphatic rings. The highest BCUT2D eigenvalue weighted by atomic mass is 15.2. The maximum absolute atomic E-state index is 4.75. The van der Waals surface area contributed by atoms with Crippen molar-refractivity contribution in [3.63, 3.8) is 0 Å². The molecule has 0 saturated carbocycles. The van der Waals surface area contributed by atoms with Crippen molar-refractivity contribution in [2.24, 2.45) is 7.05 Å². The highest BCUT2D eigenvalue weighted by Crippen LogP contribution is 2.39. The minimum atomic E-state index is -0.397. The van der Waals surface area contributed by atoms with E-state index in [1.54, 1.807) is 0 Å². The Bertz CT molecular complexity index is 1920. The molecule has 0 bridgehead atoms. The lowest BCUT2D eigenvalue weighted by Crippen LogP contribution is -2.53. The summed E-state index contributed by atoms with van der Waals surface area (Å²) in [5.41, 5.74) is 10.9. The van der Waals surface area contributed by atoms with Crippen LogP contribution in [-0.2, 0) is 12.6 Å². The van der Waals surface area contributed by atoms with E-state index in [1.807, 2.05) is 12.4 Å². The molecule has 0 amide bonds. The molecule has 0 aliphatic heterocycles. The van der Waals surface area contributed by atoms with Gasteiger partial charge in [-0.3, -0.25) is 0 Å². The Morgan fingerprint density at radius 2 is 1.31 bits per heavy atom. The summed E-state index contributed by atoms with van der Waals surface area (Å²) in [5.74, 6) is 2.80. The lowest BCUT2D eigenvalue weighted by atomic mass is 9.87. The smallest absolute Gasteiger partial charge is 0.295 e. The fraction of sp³-hybridized carbons (Fsp3) is 0.268. The Morgan fingerprint density at radius 1 is 0.711 bits per heavy atom. The van der Waals surface area contributed by atoms with Crippen LogP contribution in [0.15, 0.2) is 116 Å². The number of aryl methyl sites for hydroxylation is 2. The van der Waals surface area contributed by atoms with Crippen LogP contribution in [0, 0.1) is 6.92 Å². The van der Waals surface area contributed by atoms with E-state index in [1.165, 1.54) is 50.5 Å². The average Bonchev–Trinajstić information content (AvgIpc) is 3.68. The van der Waals surface area contributed by atoms with Gasteiger partial charge in [-0.25, -0.2) is 9.55 Å². The quantitative estimate of drug-likeness (QED) is 0.161. The third kappa shape index (κ3) is 5.44. The van der Waals surface area contributed by atoms with Gasteiger partial charge in [0.2, 0.25) is 0 Å². The van der Waals surface area contributed by atoms with Gasteiger partial charge in [0.1, 0.15) is 29.4 Å². The topological polar surface area (TPSA) is 26.6 Å². The van der Waals surface area contributed by atoms with E-state index in [0.717, 1.165) is 11.4 Å². The van der Waals surface area contributed by atoms with Crippen molar-refractivity contribution >= 4 is 0 Å². The second-order valence-electron chi connectivity index (χ2n) is 13.3. The predicted octanol–water partition coefficient (Wildman–Crippen LogP) is 9.84. The Labute approximate surface area is 268 Å². The fourth-order valence-electron chi connectivity index (χ4n) is 6.71. The van der Waals surface area contributed by atoms with Gasteiger partial charge < -0.3 is 4.57 Å². The number of nitrogens with zero attached hydrogens (tertiary/aromatic N) is 4. The zero-order valence-electron chi connectivity index (χ0n) is 27.9. The van der Waals surface area contributed by atoms with E-state index in [-0.39, 0.29) is 0 Å². The lowest BCUT2D eigenvalue weighted by Gasteiger charge is -2.27. The Kier molecular flexibility index (Phi) is 8.09. The minimum Gasteiger partial charge on any atom is -0.334 e. The van der Waals surface area contributed by atoms with Crippen LogP contribution in [0.2, 0.25) is 0 Å². The zero-order chi connectivity index (χ0) is 31.9. The molecular weight excluding hydrogens is 548 g/mol. The van der Waals surface area contributed by atoms with E-state index in [0.29, 0.717) is 11.8 Å². The normalized spacial score (nSPS) is 12.0. The third-order valence-electron chi connectivity index (χ3n) is 9.22. The van der Waals surface area contributed by atoms with E-state index < -0.39 is 5.54 Å². The second-order valence-corrected chi connectivity index (χ2v) is 13.3. The molecule has 45 heavy (non-hydrogen) atoms. The van der Waals surface area contributed by atoms with Crippen LogP contribution in [0.3, 0.4) is 0 Å². The first-order valence-electron chi connectivity index (χ1n) is 16.1. The van der Waals surface area contributed by atoms with Gasteiger partial charge in [-0.05, 0) is 67.5 Å². The maximum atomic E-state index is 4.75. The van der Waals surface area contributed by atoms with Crippen molar-refractivity contribution in [2.45, 2.75) is 65.8 Å². The highest BCUT2D eigenvalue weighted by Gasteiger charge is 2.38. The van der Waals surface area contributed by atoms with Crippen LogP contribution in [-0.4, -0.2) is 14.1 Å². The molecule has 0 N–H and O–H groups in total. The average molecular weight is 594 g/mol. The van der Waals surface area contributed by atoms with Crippen LogP contribution in [0.25, 0.3) is 39.6 Å². The van der Waals surface area contributed by atoms with Crippen LogP contribution < -0.4 is 4.57 Å². The molecule has 4 heteroatoms. The molecular formula is C41H45N4+. The van der Waals surface area contributed by atoms with Gasteiger partial charge in [0, 0.05) is 41.7 Å². The summed E-state index contributed by atoms with van der Waals surface area (Å²) < 4.78 is 7.04. The van der Waals surface area contributed by atoms with Crippen LogP contribution in [0.1, 0.15) is 75.6 Å². The van der Waals surface area contributed by atoms with Crippen LogP contribution >= 0.6 is 0 Å².